The topological polar surface area (TPSA) is 63.4 Å². The van der Waals surface area contributed by atoms with Crippen molar-refractivity contribution in [1.29, 1.82) is 0 Å². The molecule has 0 atom stereocenters. The van der Waals surface area contributed by atoms with Gasteiger partial charge in [0, 0.05) is 19.3 Å². The highest BCUT2D eigenvalue weighted by molar-refractivity contribution is 9.11. The van der Waals surface area contributed by atoms with Gasteiger partial charge in [0.15, 0.2) is 0 Å². The second-order valence-electron chi connectivity index (χ2n) is 4.55. The fraction of sp³-hybridized carbons (Fsp3) is 0.231. The van der Waals surface area contributed by atoms with Gasteiger partial charge in [-0.05, 0) is 63.6 Å². The van der Waals surface area contributed by atoms with Gasteiger partial charge in [0.25, 0.3) is 0 Å². The van der Waals surface area contributed by atoms with Crippen LogP contribution in [-0.4, -0.2) is 19.8 Å². The smallest absolute Gasteiger partial charge is 0.243 e. The van der Waals surface area contributed by atoms with Crippen LogP contribution in [0.3, 0.4) is 0 Å². The van der Waals surface area contributed by atoms with Crippen molar-refractivity contribution in [2.24, 2.45) is 0 Å². The van der Waals surface area contributed by atoms with Gasteiger partial charge in [0.1, 0.15) is 0 Å². The predicted octanol–water partition coefficient (Wildman–Crippen LogP) is 3.22. The Morgan fingerprint density at radius 2 is 2.05 bits per heavy atom. The van der Waals surface area contributed by atoms with Crippen LogP contribution >= 0.6 is 27.3 Å². The number of sulfonamides is 1. The third-order valence-electron chi connectivity index (χ3n) is 2.91. The molecule has 4 nitrogen and oxygen atoms in total. The molecule has 1 heterocycles. The number of rotatable bonds is 4. The van der Waals surface area contributed by atoms with Crippen molar-refractivity contribution in [3.05, 3.63) is 44.6 Å². The Bertz CT molecular complexity index is 726. The number of nitrogens with two attached hydrogens (primary N) is 1. The van der Waals surface area contributed by atoms with Crippen LogP contribution in [0.5, 0.6) is 0 Å². The Morgan fingerprint density at radius 3 is 2.60 bits per heavy atom. The summed E-state index contributed by atoms with van der Waals surface area (Å²) in [5, 5.41) is 1.94. The number of benzene rings is 1. The molecule has 0 bridgehead atoms. The summed E-state index contributed by atoms with van der Waals surface area (Å²) in [6, 6.07) is 6.75. The number of thiophene rings is 1. The monoisotopic (exact) mass is 374 g/mol. The van der Waals surface area contributed by atoms with Crippen molar-refractivity contribution < 1.29 is 8.42 Å². The van der Waals surface area contributed by atoms with E-state index in [1.54, 1.807) is 32.2 Å². The highest BCUT2D eigenvalue weighted by atomic mass is 79.9. The van der Waals surface area contributed by atoms with Gasteiger partial charge in [-0.3, -0.25) is 0 Å². The number of halogens is 1. The van der Waals surface area contributed by atoms with Gasteiger partial charge < -0.3 is 5.73 Å². The molecule has 0 saturated heterocycles. The second kappa shape index (κ2) is 5.85. The summed E-state index contributed by atoms with van der Waals surface area (Å²) in [6.07, 6.45) is 0. The maximum Gasteiger partial charge on any atom is 0.243 e. The Hall–Kier alpha value is -0.890. The number of anilines is 1. The SMILES string of the molecule is Cc1cc(N)ccc1S(=O)(=O)N(C)Cc1csc(Br)c1. The number of nitrogens with zero attached hydrogens (tertiary/aromatic N) is 1. The molecule has 1 aromatic carbocycles. The first-order valence-electron chi connectivity index (χ1n) is 5.86. The third kappa shape index (κ3) is 3.22. The molecule has 0 fully saturated rings. The highest BCUT2D eigenvalue weighted by Gasteiger charge is 2.23. The van der Waals surface area contributed by atoms with Crippen molar-refractivity contribution in [2.45, 2.75) is 18.4 Å². The van der Waals surface area contributed by atoms with Gasteiger partial charge in [-0.25, -0.2) is 8.42 Å². The Labute approximate surface area is 131 Å². The number of hydrogen-bond donors (Lipinski definition) is 1. The van der Waals surface area contributed by atoms with Crippen molar-refractivity contribution in [1.82, 2.24) is 4.31 Å². The highest BCUT2D eigenvalue weighted by Crippen LogP contribution is 2.25. The summed E-state index contributed by atoms with van der Waals surface area (Å²) in [5.74, 6) is 0. The van der Waals surface area contributed by atoms with Gasteiger partial charge in [-0.2, -0.15) is 4.31 Å². The lowest BCUT2D eigenvalue weighted by molar-refractivity contribution is 0.467. The molecule has 2 N–H and O–H groups in total. The van der Waals surface area contributed by atoms with Crippen LogP contribution < -0.4 is 5.73 Å². The van der Waals surface area contributed by atoms with E-state index in [4.69, 9.17) is 5.73 Å². The van der Waals surface area contributed by atoms with E-state index in [-0.39, 0.29) is 0 Å². The van der Waals surface area contributed by atoms with Gasteiger partial charge in [-0.15, -0.1) is 11.3 Å². The number of hydrogen-bond acceptors (Lipinski definition) is 4. The summed E-state index contributed by atoms with van der Waals surface area (Å²) >= 11 is 4.91. The predicted molar refractivity (Wildman–Crippen MR) is 86.3 cm³/mol. The molecule has 0 radical (unpaired) electrons. The largest absolute Gasteiger partial charge is 0.399 e. The molecule has 0 aliphatic heterocycles. The van der Waals surface area contributed by atoms with E-state index < -0.39 is 10.0 Å². The van der Waals surface area contributed by atoms with Gasteiger partial charge in [-0.1, -0.05) is 0 Å². The lowest BCUT2D eigenvalue weighted by Crippen LogP contribution is -2.27. The van der Waals surface area contributed by atoms with E-state index >= 15 is 0 Å². The zero-order valence-corrected chi connectivity index (χ0v) is 14.3. The Balaban J connectivity index is 2.29. The molecule has 20 heavy (non-hydrogen) atoms. The summed E-state index contributed by atoms with van der Waals surface area (Å²) in [5.41, 5.74) is 7.84. The van der Waals surface area contributed by atoms with Crippen molar-refractivity contribution in [2.75, 3.05) is 12.8 Å². The molecule has 2 aromatic rings. The van der Waals surface area contributed by atoms with E-state index in [0.717, 1.165) is 9.35 Å². The van der Waals surface area contributed by atoms with Crippen LogP contribution in [0.1, 0.15) is 11.1 Å². The van der Waals surface area contributed by atoms with Crippen molar-refractivity contribution in [3.63, 3.8) is 0 Å². The maximum atomic E-state index is 12.6. The minimum Gasteiger partial charge on any atom is -0.399 e. The Morgan fingerprint density at radius 1 is 1.35 bits per heavy atom. The standard InChI is InChI=1S/C13H15BrN2O2S2/c1-9-5-11(15)3-4-12(9)20(17,18)16(2)7-10-6-13(14)19-8-10/h3-6,8H,7,15H2,1-2H3. The average Bonchev–Trinajstić information content (AvgIpc) is 2.74. The van der Waals surface area contributed by atoms with Crippen molar-refractivity contribution >= 4 is 43.0 Å². The van der Waals surface area contributed by atoms with E-state index in [1.165, 1.54) is 15.6 Å². The van der Waals surface area contributed by atoms with Gasteiger partial charge in [0.05, 0.1) is 8.68 Å². The molecule has 0 saturated carbocycles. The fourth-order valence-electron chi connectivity index (χ4n) is 1.90. The fourth-order valence-corrected chi connectivity index (χ4v) is 4.46. The van der Waals surface area contributed by atoms with E-state index in [9.17, 15) is 8.42 Å². The van der Waals surface area contributed by atoms with E-state index in [1.807, 2.05) is 11.4 Å². The summed E-state index contributed by atoms with van der Waals surface area (Å²) < 4.78 is 27.4. The molecular weight excluding hydrogens is 360 g/mol. The first-order chi connectivity index (χ1) is 9.30. The zero-order chi connectivity index (χ0) is 14.9. The van der Waals surface area contributed by atoms with Gasteiger partial charge in [0.2, 0.25) is 10.0 Å². The molecule has 108 valence electrons. The first kappa shape index (κ1) is 15.5. The summed E-state index contributed by atoms with van der Waals surface area (Å²) in [4.78, 5) is 0.295. The molecule has 2 rings (SSSR count). The first-order valence-corrected chi connectivity index (χ1v) is 8.97. The molecule has 0 amide bonds. The summed E-state index contributed by atoms with van der Waals surface area (Å²) in [6.45, 7) is 2.09. The molecule has 1 aromatic heterocycles. The zero-order valence-electron chi connectivity index (χ0n) is 11.1. The number of nitrogen functional groups attached to an aromatic ring is 1. The van der Waals surface area contributed by atoms with E-state index in [2.05, 4.69) is 15.9 Å². The van der Waals surface area contributed by atoms with Gasteiger partial charge >= 0.3 is 0 Å². The van der Waals surface area contributed by atoms with Crippen LogP contribution in [0, 0.1) is 6.92 Å². The van der Waals surface area contributed by atoms with Crippen LogP contribution in [0.2, 0.25) is 0 Å². The maximum absolute atomic E-state index is 12.6. The van der Waals surface area contributed by atoms with Crippen LogP contribution in [-0.2, 0) is 16.6 Å². The lowest BCUT2D eigenvalue weighted by Gasteiger charge is -2.18. The van der Waals surface area contributed by atoms with Crippen molar-refractivity contribution in [3.8, 4) is 0 Å². The third-order valence-corrected chi connectivity index (χ3v) is 6.43. The van der Waals surface area contributed by atoms with E-state index in [0.29, 0.717) is 22.7 Å². The molecule has 0 spiro atoms. The second-order valence-corrected chi connectivity index (χ2v) is 8.85. The van der Waals surface area contributed by atoms with Crippen LogP contribution in [0.4, 0.5) is 5.69 Å². The van der Waals surface area contributed by atoms with Crippen LogP contribution in [0.25, 0.3) is 0 Å². The normalized spacial score (nSPS) is 12.0. The minimum atomic E-state index is -3.51. The molecule has 7 heteroatoms. The lowest BCUT2D eigenvalue weighted by atomic mass is 10.2. The molecular formula is C13H15BrN2O2S2. The molecule has 0 aliphatic carbocycles. The van der Waals surface area contributed by atoms with Crippen LogP contribution in [0.15, 0.2) is 38.3 Å². The number of aryl methyl sites for hydroxylation is 1. The molecule has 0 aliphatic rings. The average molecular weight is 375 g/mol. The minimum absolute atomic E-state index is 0.295. The quantitative estimate of drug-likeness (QED) is 0.835. The summed E-state index contributed by atoms with van der Waals surface area (Å²) in [7, 11) is -1.93. The molecule has 0 unspecified atom stereocenters. The Kier molecular flexibility index (Phi) is 4.53.